The van der Waals surface area contributed by atoms with Gasteiger partial charge in [-0.1, -0.05) is 0 Å². The summed E-state index contributed by atoms with van der Waals surface area (Å²) in [7, 11) is -1.91. The third-order valence-electron chi connectivity index (χ3n) is 8.58. The van der Waals surface area contributed by atoms with Gasteiger partial charge < -0.3 is 25.4 Å². The molecule has 0 aromatic heterocycles. The van der Waals surface area contributed by atoms with Gasteiger partial charge in [-0.2, -0.15) is 4.31 Å². The van der Waals surface area contributed by atoms with E-state index in [1.165, 1.54) is 10.4 Å². The minimum Gasteiger partial charge on any atom is -0.389 e. The quantitative estimate of drug-likeness (QED) is 0.345. The van der Waals surface area contributed by atoms with Crippen molar-refractivity contribution in [3.05, 3.63) is 70.3 Å². The predicted octanol–water partition coefficient (Wildman–Crippen LogP) is 1.99. The summed E-state index contributed by atoms with van der Waals surface area (Å²) in [5.41, 5.74) is 1.43. The van der Waals surface area contributed by atoms with Crippen LogP contribution >= 0.6 is 0 Å². The summed E-state index contributed by atoms with van der Waals surface area (Å²) in [6.07, 6.45) is 1.46. The Morgan fingerprint density at radius 1 is 1.07 bits per heavy atom. The van der Waals surface area contributed by atoms with E-state index in [9.17, 15) is 31.9 Å². The van der Waals surface area contributed by atoms with Crippen LogP contribution in [0.25, 0.3) is 0 Å². The first kappa shape index (κ1) is 32.4. The van der Waals surface area contributed by atoms with Gasteiger partial charge in [-0.25, -0.2) is 17.2 Å². The van der Waals surface area contributed by atoms with Gasteiger partial charge in [0.15, 0.2) is 0 Å². The van der Waals surface area contributed by atoms with Crippen molar-refractivity contribution in [3.8, 4) is 0 Å². The molecule has 4 atom stereocenters. The van der Waals surface area contributed by atoms with Crippen LogP contribution in [0.4, 0.5) is 8.78 Å². The van der Waals surface area contributed by atoms with Crippen molar-refractivity contribution in [3.63, 3.8) is 0 Å². The molecule has 0 radical (unpaired) electrons. The van der Waals surface area contributed by atoms with Crippen molar-refractivity contribution in [1.29, 1.82) is 0 Å². The zero-order valence-corrected chi connectivity index (χ0v) is 25.8. The van der Waals surface area contributed by atoms with Crippen LogP contribution < -0.4 is 10.6 Å². The number of hydrogen-bond acceptors (Lipinski definition) is 7. The van der Waals surface area contributed by atoms with Crippen molar-refractivity contribution in [2.75, 3.05) is 39.9 Å². The van der Waals surface area contributed by atoms with Crippen LogP contribution in [0.5, 0.6) is 0 Å². The number of methoxy groups -OCH3 is 1. The normalized spacial score (nSPS) is 22.5. The van der Waals surface area contributed by atoms with Gasteiger partial charge in [-0.3, -0.25) is 9.59 Å². The van der Waals surface area contributed by atoms with Gasteiger partial charge in [0.1, 0.15) is 11.6 Å². The highest BCUT2D eigenvalue weighted by Crippen LogP contribution is 2.32. The van der Waals surface area contributed by atoms with Crippen LogP contribution in [0, 0.1) is 18.6 Å². The first-order chi connectivity index (χ1) is 21.0. The Balaban J connectivity index is 1.38. The van der Waals surface area contributed by atoms with E-state index >= 15 is 0 Å². The fourth-order valence-corrected chi connectivity index (χ4v) is 8.10. The third kappa shape index (κ3) is 7.45. The number of likely N-dealkylation sites (tertiary alicyclic amines) is 1. The Morgan fingerprint density at radius 2 is 1.77 bits per heavy atom. The smallest absolute Gasteiger partial charge is 0.254 e. The highest BCUT2D eigenvalue weighted by molar-refractivity contribution is 7.90. The molecule has 2 aromatic carbocycles. The molecule has 13 heteroatoms. The Hall–Kier alpha value is -2.97. The lowest BCUT2D eigenvalue weighted by atomic mass is 9.94. The van der Waals surface area contributed by atoms with Crippen LogP contribution in [0.2, 0.25) is 0 Å². The summed E-state index contributed by atoms with van der Waals surface area (Å²) in [5, 5.41) is 17.1. The molecule has 2 aliphatic heterocycles. The molecule has 3 N–H and O–H groups in total. The molecular weight excluding hydrogens is 594 g/mol. The molecule has 5 rings (SSSR count). The van der Waals surface area contributed by atoms with Gasteiger partial charge in [0.25, 0.3) is 11.8 Å². The third-order valence-corrected chi connectivity index (χ3v) is 10.9. The lowest BCUT2D eigenvalue weighted by molar-refractivity contribution is 0.0599. The average molecular weight is 635 g/mol. The average Bonchev–Trinajstić information content (AvgIpc) is 3.75. The molecule has 1 aliphatic carbocycles. The predicted molar refractivity (Wildman–Crippen MR) is 160 cm³/mol. The number of sulfonamides is 1. The number of amides is 2. The summed E-state index contributed by atoms with van der Waals surface area (Å²) >= 11 is 0. The van der Waals surface area contributed by atoms with Crippen molar-refractivity contribution in [1.82, 2.24) is 19.8 Å². The molecule has 2 aromatic rings. The van der Waals surface area contributed by atoms with Gasteiger partial charge in [-0.05, 0) is 80.5 Å². The van der Waals surface area contributed by atoms with Gasteiger partial charge in [0.2, 0.25) is 10.0 Å². The Labute approximate surface area is 256 Å². The molecule has 0 bridgehead atoms. The minimum atomic E-state index is -3.50. The van der Waals surface area contributed by atoms with Crippen LogP contribution in [0.3, 0.4) is 0 Å². The molecule has 3 aliphatic rings. The number of benzene rings is 2. The summed E-state index contributed by atoms with van der Waals surface area (Å²) in [6, 6.07) is 5.98. The van der Waals surface area contributed by atoms with Crippen LogP contribution in [-0.2, 0) is 21.2 Å². The molecule has 2 amide bonds. The lowest BCUT2D eigenvalue weighted by Gasteiger charge is -2.38. The topological polar surface area (TPSA) is 128 Å². The second-order valence-corrected chi connectivity index (χ2v) is 14.3. The second kappa shape index (κ2) is 13.6. The Kier molecular flexibility index (Phi) is 10.0. The van der Waals surface area contributed by atoms with E-state index in [4.69, 9.17) is 4.74 Å². The van der Waals surface area contributed by atoms with E-state index < -0.39 is 51.0 Å². The summed E-state index contributed by atoms with van der Waals surface area (Å²) in [4.78, 5) is 28.8. The molecular formula is C31H40F2N4O6S. The Morgan fingerprint density at radius 3 is 2.45 bits per heavy atom. The van der Waals surface area contributed by atoms with Crippen LogP contribution in [-0.4, -0.2) is 104 Å². The lowest BCUT2D eigenvalue weighted by Crippen LogP contribution is -2.62. The zero-order chi connectivity index (χ0) is 31.6. The van der Waals surface area contributed by atoms with Crippen molar-refractivity contribution in [2.45, 2.75) is 68.5 Å². The van der Waals surface area contributed by atoms with Crippen molar-refractivity contribution >= 4 is 21.8 Å². The number of hydrogen-bond donors (Lipinski definition) is 3. The van der Waals surface area contributed by atoms with E-state index in [0.717, 1.165) is 31.0 Å². The fourth-order valence-electron chi connectivity index (χ4n) is 6.23. The molecule has 240 valence electrons. The van der Waals surface area contributed by atoms with Crippen molar-refractivity contribution in [2.24, 2.45) is 0 Å². The summed E-state index contributed by atoms with van der Waals surface area (Å²) < 4.78 is 60.6. The van der Waals surface area contributed by atoms with Gasteiger partial charge in [0, 0.05) is 56.5 Å². The van der Waals surface area contributed by atoms with E-state index in [0.29, 0.717) is 43.7 Å². The molecule has 44 heavy (non-hydrogen) atoms. The SMILES string of the molecule is COC[C@H]1CCCN1C(=O)c1cc(C)cc(C(=O)N[C@@H](Cc2cc(F)cc(F)c2)[C@H](O)[C@H]2CN(S(=O)(=O)C3CC3)CCN2)c1. The number of piperazine rings is 1. The molecule has 0 unspecified atom stereocenters. The Bertz CT molecular complexity index is 1470. The molecule has 3 fully saturated rings. The van der Waals surface area contributed by atoms with Crippen LogP contribution in [0.15, 0.2) is 36.4 Å². The number of aryl methyl sites for hydroxylation is 1. The monoisotopic (exact) mass is 634 g/mol. The number of aliphatic hydroxyl groups excluding tert-OH is 1. The van der Waals surface area contributed by atoms with Crippen molar-refractivity contribution < 1.29 is 36.6 Å². The van der Waals surface area contributed by atoms with E-state index in [-0.39, 0.29) is 42.6 Å². The number of nitrogens with one attached hydrogen (secondary N) is 2. The second-order valence-electron chi connectivity index (χ2n) is 12.1. The fraction of sp³-hybridized carbons (Fsp3) is 0.548. The molecule has 10 nitrogen and oxygen atoms in total. The number of halogens is 2. The van der Waals surface area contributed by atoms with Gasteiger partial charge in [-0.15, -0.1) is 0 Å². The maximum Gasteiger partial charge on any atom is 0.254 e. The highest BCUT2D eigenvalue weighted by atomic mass is 32.2. The molecule has 2 heterocycles. The number of carbonyl (C=O) groups excluding carboxylic acids is 2. The number of rotatable bonds is 11. The standard InChI is InChI=1S/C31H40F2N4O6S/c1-19-10-21(15-22(11-19)31(40)37-8-3-4-25(37)18-43-2)30(39)35-27(14-20-12-23(32)16-24(33)13-20)29(38)28-17-36(9-7-34-28)44(41,42)26-5-6-26/h10-13,15-16,25-29,34,38H,3-9,14,17-18H2,1-2H3,(H,35,39)/t25-,27+,28-,29+/m1/s1. The number of ether oxygens (including phenoxy) is 1. The van der Waals surface area contributed by atoms with Crippen LogP contribution in [0.1, 0.15) is 57.5 Å². The molecule has 1 saturated carbocycles. The van der Waals surface area contributed by atoms with Gasteiger partial charge >= 0.3 is 0 Å². The first-order valence-electron chi connectivity index (χ1n) is 15.0. The van der Waals surface area contributed by atoms with E-state index in [2.05, 4.69) is 10.6 Å². The maximum absolute atomic E-state index is 14.1. The minimum absolute atomic E-state index is 0.00848. The molecule has 0 spiro atoms. The number of nitrogens with zero attached hydrogens (tertiary/aromatic N) is 2. The summed E-state index contributed by atoms with van der Waals surface area (Å²) in [5.74, 6) is -2.39. The molecule has 2 saturated heterocycles. The summed E-state index contributed by atoms with van der Waals surface area (Å²) in [6.45, 7) is 3.32. The largest absolute Gasteiger partial charge is 0.389 e. The zero-order valence-electron chi connectivity index (χ0n) is 25.0. The van der Waals surface area contributed by atoms with E-state index in [1.54, 1.807) is 31.1 Å². The first-order valence-corrected chi connectivity index (χ1v) is 16.5. The van der Waals surface area contributed by atoms with E-state index in [1.807, 2.05) is 0 Å². The maximum atomic E-state index is 14.1. The van der Waals surface area contributed by atoms with Gasteiger partial charge in [0.05, 0.1) is 30.0 Å². The number of aliphatic hydroxyl groups is 1. The highest BCUT2D eigenvalue weighted by Gasteiger charge is 2.43. The number of carbonyl (C=O) groups is 2.